The number of benzene rings is 1. The van der Waals surface area contributed by atoms with Crippen LogP contribution in [0.4, 0.5) is 10.5 Å². The molecule has 0 heterocycles. The van der Waals surface area contributed by atoms with Gasteiger partial charge in [0, 0.05) is 6.54 Å². The van der Waals surface area contributed by atoms with Crippen molar-refractivity contribution in [1.82, 2.24) is 10.1 Å². The van der Waals surface area contributed by atoms with Crippen molar-refractivity contribution in [3.8, 4) is 0 Å². The number of para-hydroxylation sites is 1. The fraction of sp³-hybridized carbons (Fsp3) is 0.417. The van der Waals surface area contributed by atoms with E-state index in [1.54, 1.807) is 0 Å². The van der Waals surface area contributed by atoms with Gasteiger partial charge in [0.05, 0.1) is 10.6 Å². The number of carbonyl (C=O) groups is 1. The second-order valence-electron chi connectivity index (χ2n) is 3.82. The number of amides is 2. The van der Waals surface area contributed by atoms with Gasteiger partial charge in [-0.2, -0.15) is 0 Å². The average molecular weight is 268 g/mol. The Morgan fingerprint density at radius 2 is 2.11 bits per heavy atom. The van der Waals surface area contributed by atoms with Gasteiger partial charge in [-0.1, -0.05) is 31.9 Å². The van der Waals surface area contributed by atoms with Crippen LogP contribution in [0.2, 0.25) is 0 Å². The van der Waals surface area contributed by atoms with Crippen LogP contribution in [0.3, 0.4) is 0 Å². The third-order valence-corrected chi connectivity index (χ3v) is 3.16. The second-order valence-corrected chi connectivity index (χ2v) is 4.67. The Morgan fingerprint density at radius 3 is 2.83 bits per heavy atom. The van der Waals surface area contributed by atoms with E-state index >= 15 is 0 Å². The Labute approximate surface area is 112 Å². The van der Waals surface area contributed by atoms with Crippen LogP contribution < -0.4 is 21.3 Å². The van der Waals surface area contributed by atoms with Crippen LogP contribution in [0.15, 0.2) is 29.2 Å². The summed E-state index contributed by atoms with van der Waals surface area (Å²) in [6, 6.07) is 7.15. The smallest absolute Gasteiger partial charge is 0.322 e. The Bertz CT molecular complexity index is 373. The molecule has 0 saturated carbocycles. The Balaban J connectivity index is 2.41. The van der Waals surface area contributed by atoms with Crippen molar-refractivity contribution >= 4 is 23.7 Å². The van der Waals surface area contributed by atoms with Gasteiger partial charge in [-0.25, -0.2) is 10.2 Å². The minimum atomic E-state index is -0.550. The molecule has 5 N–H and O–H groups in total. The van der Waals surface area contributed by atoms with Crippen molar-refractivity contribution < 1.29 is 4.79 Å². The summed E-state index contributed by atoms with van der Waals surface area (Å²) >= 11 is 1.20. The normalized spacial score (nSPS) is 10.1. The lowest BCUT2D eigenvalue weighted by molar-refractivity contribution is 0.254. The van der Waals surface area contributed by atoms with E-state index in [1.165, 1.54) is 24.8 Å². The molecule has 1 aromatic carbocycles. The zero-order chi connectivity index (χ0) is 13.2. The van der Waals surface area contributed by atoms with E-state index in [-0.39, 0.29) is 0 Å². The fourth-order valence-electron chi connectivity index (χ4n) is 1.39. The van der Waals surface area contributed by atoms with Gasteiger partial charge in [0.15, 0.2) is 0 Å². The number of nitrogens with one attached hydrogen (secondary N) is 3. The predicted molar refractivity (Wildman–Crippen MR) is 76.2 cm³/mol. The van der Waals surface area contributed by atoms with Gasteiger partial charge in [0.25, 0.3) is 0 Å². The third kappa shape index (κ3) is 5.79. The molecule has 1 aromatic rings. The lowest BCUT2D eigenvalue weighted by atomic mass is 10.2. The molecular formula is C12H20N4OS. The maximum Gasteiger partial charge on any atom is 0.322 e. The SMILES string of the molecule is CCCCCNNc1ccccc1SNC(N)=O. The summed E-state index contributed by atoms with van der Waals surface area (Å²) in [6.45, 7) is 3.09. The largest absolute Gasteiger partial charge is 0.351 e. The summed E-state index contributed by atoms with van der Waals surface area (Å²) in [4.78, 5) is 11.6. The van der Waals surface area contributed by atoms with Crippen LogP contribution >= 0.6 is 11.9 Å². The quantitative estimate of drug-likeness (QED) is 0.332. The van der Waals surface area contributed by atoms with Crippen molar-refractivity contribution in [3.63, 3.8) is 0 Å². The van der Waals surface area contributed by atoms with Gasteiger partial charge in [-0.15, -0.1) is 0 Å². The first-order chi connectivity index (χ1) is 8.74. The highest BCUT2D eigenvalue weighted by molar-refractivity contribution is 7.98. The van der Waals surface area contributed by atoms with Crippen molar-refractivity contribution in [2.45, 2.75) is 31.1 Å². The second kappa shape index (κ2) is 8.66. The molecule has 18 heavy (non-hydrogen) atoms. The molecule has 100 valence electrons. The van der Waals surface area contributed by atoms with E-state index in [2.05, 4.69) is 22.5 Å². The number of primary amides is 1. The molecule has 0 saturated heterocycles. The maximum atomic E-state index is 10.7. The number of rotatable bonds is 8. The van der Waals surface area contributed by atoms with E-state index in [0.29, 0.717) is 0 Å². The van der Waals surface area contributed by atoms with Crippen LogP contribution in [0.1, 0.15) is 26.2 Å². The molecule has 2 amide bonds. The Morgan fingerprint density at radius 1 is 1.33 bits per heavy atom. The zero-order valence-corrected chi connectivity index (χ0v) is 11.3. The highest BCUT2D eigenvalue weighted by Gasteiger charge is 2.02. The van der Waals surface area contributed by atoms with E-state index in [1.807, 2.05) is 24.3 Å². The molecule has 0 fully saturated rings. The van der Waals surface area contributed by atoms with Crippen molar-refractivity contribution in [2.24, 2.45) is 5.73 Å². The van der Waals surface area contributed by atoms with E-state index in [9.17, 15) is 4.79 Å². The van der Waals surface area contributed by atoms with E-state index < -0.39 is 6.03 Å². The number of carbonyl (C=O) groups excluding carboxylic acids is 1. The number of hydrogen-bond acceptors (Lipinski definition) is 4. The highest BCUT2D eigenvalue weighted by Crippen LogP contribution is 2.23. The van der Waals surface area contributed by atoms with Crippen molar-refractivity contribution in [3.05, 3.63) is 24.3 Å². The fourth-order valence-corrected chi connectivity index (χ4v) is 1.97. The first kappa shape index (κ1) is 14.7. The number of urea groups is 1. The molecule has 0 bridgehead atoms. The molecule has 0 radical (unpaired) electrons. The summed E-state index contributed by atoms with van der Waals surface area (Å²) in [5.41, 5.74) is 12.3. The molecule has 0 atom stereocenters. The van der Waals surface area contributed by atoms with Gasteiger partial charge in [-0.3, -0.25) is 4.72 Å². The van der Waals surface area contributed by atoms with Crippen LogP contribution in [0, 0.1) is 0 Å². The molecule has 0 unspecified atom stereocenters. The molecule has 0 aliphatic heterocycles. The molecule has 5 nitrogen and oxygen atoms in total. The predicted octanol–water partition coefficient (Wildman–Crippen LogP) is 2.47. The van der Waals surface area contributed by atoms with Crippen LogP contribution in [-0.4, -0.2) is 12.6 Å². The van der Waals surface area contributed by atoms with Crippen molar-refractivity contribution in [1.29, 1.82) is 0 Å². The number of hydrogen-bond donors (Lipinski definition) is 4. The summed E-state index contributed by atoms with van der Waals surface area (Å²) < 4.78 is 2.50. The summed E-state index contributed by atoms with van der Waals surface area (Å²) in [7, 11) is 0. The van der Waals surface area contributed by atoms with Gasteiger partial charge < -0.3 is 11.2 Å². The monoisotopic (exact) mass is 268 g/mol. The number of anilines is 1. The minimum absolute atomic E-state index is 0.550. The van der Waals surface area contributed by atoms with Gasteiger partial charge in [0.1, 0.15) is 0 Å². The van der Waals surface area contributed by atoms with Gasteiger partial charge in [-0.05, 0) is 30.5 Å². The van der Waals surface area contributed by atoms with Gasteiger partial charge >= 0.3 is 6.03 Å². The molecule has 0 aromatic heterocycles. The lowest BCUT2D eigenvalue weighted by Gasteiger charge is -2.12. The summed E-state index contributed by atoms with van der Waals surface area (Å²) in [5, 5.41) is 0. The third-order valence-electron chi connectivity index (χ3n) is 2.28. The number of hydrazine groups is 1. The standard InChI is InChI=1S/C12H20N4OS/c1-2-3-6-9-14-15-10-7-4-5-8-11(10)18-16-12(13)17/h4-5,7-8,14-15H,2-3,6,9H2,1H3,(H3,13,16,17). The first-order valence-corrected chi connectivity index (χ1v) is 6.86. The Kier molecular flexibility index (Phi) is 7.05. The Hall–Kier alpha value is -1.40. The first-order valence-electron chi connectivity index (χ1n) is 6.04. The summed E-state index contributed by atoms with van der Waals surface area (Å²) in [6.07, 6.45) is 3.56. The van der Waals surface area contributed by atoms with E-state index in [0.717, 1.165) is 23.5 Å². The molecule has 0 spiro atoms. The molecular weight excluding hydrogens is 248 g/mol. The van der Waals surface area contributed by atoms with Crippen molar-refractivity contribution in [2.75, 3.05) is 12.0 Å². The van der Waals surface area contributed by atoms with Gasteiger partial charge in [0.2, 0.25) is 0 Å². The van der Waals surface area contributed by atoms with Crippen LogP contribution in [0.25, 0.3) is 0 Å². The summed E-state index contributed by atoms with van der Waals surface area (Å²) in [5.74, 6) is 0. The zero-order valence-electron chi connectivity index (χ0n) is 10.5. The van der Waals surface area contributed by atoms with E-state index in [4.69, 9.17) is 5.73 Å². The topological polar surface area (TPSA) is 79.2 Å². The molecule has 6 heteroatoms. The minimum Gasteiger partial charge on any atom is -0.351 e. The average Bonchev–Trinajstić information content (AvgIpc) is 2.37. The van der Waals surface area contributed by atoms with Crippen LogP contribution in [-0.2, 0) is 0 Å². The lowest BCUT2D eigenvalue weighted by Crippen LogP contribution is -2.25. The molecule has 0 aliphatic rings. The highest BCUT2D eigenvalue weighted by atomic mass is 32.2. The molecule has 1 rings (SSSR count). The van der Waals surface area contributed by atoms with Crippen LogP contribution in [0.5, 0.6) is 0 Å². The number of nitrogens with two attached hydrogens (primary N) is 1. The maximum absolute atomic E-state index is 10.7. The molecule has 0 aliphatic carbocycles. The number of unbranched alkanes of at least 4 members (excludes halogenated alkanes) is 2.